The molecule has 1 amide bonds. The highest BCUT2D eigenvalue weighted by Crippen LogP contribution is 2.48. The molecule has 0 bridgehead atoms. The standard InChI is InChI=1S/C29H29N3O3S/c1-17-10-12-21(13-11-17)32-24(34)16-36-28-23(15-30)22-14-29(4,35)27(19(3)33)26(25(22)18(2)31-28)20-8-6-5-7-9-20/h5-13,26-27,35H,14,16H2,1-4H3,(H,32,34). The monoisotopic (exact) mass is 499 g/mol. The Hall–Kier alpha value is -3.47. The summed E-state index contributed by atoms with van der Waals surface area (Å²) in [7, 11) is 0. The van der Waals surface area contributed by atoms with Crippen molar-refractivity contribution in [2.24, 2.45) is 5.92 Å². The molecule has 36 heavy (non-hydrogen) atoms. The van der Waals surface area contributed by atoms with Crippen LogP contribution in [0.25, 0.3) is 0 Å². The van der Waals surface area contributed by atoms with Crippen molar-refractivity contribution in [1.29, 1.82) is 5.26 Å². The number of aromatic nitrogens is 1. The average molecular weight is 500 g/mol. The maximum Gasteiger partial charge on any atom is 0.234 e. The maximum atomic E-state index is 12.8. The number of nitriles is 1. The molecule has 1 heterocycles. The lowest BCUT2D eigenvalue weighted by molar-refractivity contribution is -0.130. The fraction of sp³-hybridized carbons (Fsp3) is 0.310. The van der Waals surface area contributed by atoms with Crippen LogP contribution in [0, 0.1) is 31.1 Å². The molecule has 3 atom stereocenters. The van der Waals surface area contributed by atoms with Crippen LogP contribution in [-0.4, -0.2) is 33.1 Å². The molecule has 6 nitrogen and oxygen atoms in total. The fourth-order valence-corrected chi connectivity index (χ4v) is 6.07. The highest BCUT2D eigenvalue weighted by Gasteiger charge is 2.48. The van der Waals surface area contributed by atoms with E-state index in [2.05, 4.69) is 11.4 Å². The third-order valence-electron chi connectivity index (χ3n) is 6.73. The summed E-state index contributed by atoms with van der Waals surface area (Å²) in [6, 6.07) is 19.4. The zero-order valence-corrected chi connectivity index (χ0v) is 21.6. The highest BCUT2D eigenvalue weighted by molar-refractivity contribution is 8.00. The van der Waals surface area contributed by atoms with Crippen molar-refractivity contribution in [3.8, 4) is 6.07 Å². The number of aliphatic hydroxyl groups is 1. The number of hydrogen-bond acceptors (Lipinski definition) is 6. The number of nitrogens with zero attached hydrogens (tertiary/aromatic N) is 2. The van der Waals surface area contributed by atoms with Crippen LogP contribution in [-0.2, 0) is 16.0 Å². The van der Waals surface area contributed by atoms with Gasteiger partial charge in [0, 0.05) is 23.7 Å². The number of anilines is 1. The average Bonchev–Trinajstić information content (AvgIpc) is 2.83. The van der Waals surface area contributed by atoms with Gasteiger partial charge in [0.05, 0.1) is 22.8 Å². The summed E-state index contributed by atoms with van der Waals surface area (Å²) in [4.78, 5) is 30.1. The third kappa shape index (κ3) is 5.06. The second-order valence-electron chi connectivity index (χ2n) is 9.59. The van der Waals surface area contributed by atoms with E-state index in [1.165, 1.54) is 18.7 Å². The van der Waals surface area contributed by atoms with Gasteiger partial charge in [-0.15, -0.1) is 0 Å². The predicted octanol–water partition coefficient (Wildman–Crippen LogP) is 4.95. The number of fused-ring (bicyclic) bond motifs is 1. The van der Waals surface area contributed by atoms with Crippen molar-refractivity contribution in [3.63, 3.8) is 0 Å². The quantitative estimate of drug-likeness (QED) is 0.466. The lowest BCUT2D eigenvalue weighted by Crippen LogP contribution is -2.48. The number of benzene rings is 2. The molecular formula is C29H29N3O3S. The number of nitrogens with one attached hydrogen (secondary N) is 1. The summed E-state index contributed by atoms with van der Waals surface area (Å²) in [6.45, 7) is 7.01. The molecule has 3 aromatic rings. The van der Waals surface area contributed by atoms with E-state index in [4.69, 9.17) is 4.98 Å². The Kier molecular flexibility index (Phi) is 7.30. The largest absolute Gasteiger partial charge is 0.389 e. The zero-order valence-electron chi connectivity index (χ0n) is 20.8. The van der Waals surface area contributed by atoms with E-state index in [0.717, 1.165) is 16.7 Å². The first kappa shape index (κ1) is 25.6. The lowest BCUT2D eigenvalue weighted by Gasteiger charge is -2.43. The van der Waals surface area contributed by atoms with Crippen LogP contribution in [0.3, 0.4) is 0 Å². The van der Waals surface area contributed by atoms with Crippen LogP contribution in [0.5, 0.6) is 0 Å². The minimum atomic E-state index is -1.34. The SMILES string of the molecule is CC(=O)C1C(c2ccccc2)c2c(C)nc(SCC(=O)Nc3ccc(C)cc3)c(C#N)c2CC1(C)O. The van der Waals surface area contributed by atoms with Crippen LogP contribution in [0.1, 0.15) is 53.3 Å². The molecule has 184 valence electrons. The van der Waals surface area contributed by atoms with E-state index >= 15 is 0 Å². The Bertz CT molecular complexity index is 1340. The van der Waals surface area contributed by atoms with Gasteiger partial charge in [-0.2, -0.15) is 5.26 Å². The number of carbonyl (C=O) groups excluding carboxylic acids is 2. The first-order chi connectivity index (χ1) is 17.1. The lowest BCUT2D eigenvalue weighted by atomic mass is 9.62. The number of thioether (sulfide) groups is 1. The molecular weight excluding hydrogens is 470 g/mol. The Balaban J connectivity index is 1.72. The van der Waals surface area contributed by atoms with Crippen molar-refractivity contribution in [1.82, 2.24) is 4.98 Å². The third-order valence-corrected chi connectivity index (χ3v) is 7.71. The Labute approximate surface area is 215 Å². The first-order valence-electron chi connectivity index (χ1n) is 11.8. The van der Waals surface area contributed by atoms with Crippen LogP contribution in [0.4, 0.5) is 5.69 Å². The number of carbonyl (C=O) groups is 2. The van der Waals surface area contributed by atoms with Crippen molar-refractivity contribution >= 4 is 29.1 Å². The highest BCUT2D eigenvalue weighted by atomic mass is 32.2. The minimum absolute atomic E-state index is 0.0857. The van der Waals surface area contributed by atoms with Gasteiger partial charge in [-0.1, -0.05) is 59.8 Å². The van der Waals surface area contributed by atoms with E-state index in [-0.39, 0.29) is 23.9 Å². The van der Waals surface area contributed by atoms with E-state index in [1.807, 2.05) is 68.4 Å². The smallest absolute Gasteiger partial charge is 0.234 e. The molecule has 0 aliphatic heterocycles. The molecule has 2 N–H and O–H groups in total. The Morgan fingerprint density at radius 3 is 2.44 bits per heavy atom. The van der Waals surface area contributed by atoms with Gasteiger partial charge < -0.3 is 10.4 Å². The fourth-order valence-electron chi connectivity index (χ4n) is 5.22. The molecule has 1 aliphatic carbocycles. The van der Waals surface area contributed by atoms with Crippen molar-refractivity contribution in [2.75, 3.05) is 11.1 Å². The minimum Gasteiger partial charge on any atom is -0.389 e. The molecule has 0 saturated heterocycles. The van der Waals surface area contributed by atoms with Crippen LogP contribution in [0.2, 0.25) is 0 Å². The number of pyridine rings is 1. The molecule has 2 aromatic carbocycles. The van der Waals surface area contributed by atoms with Crippen LogP contribution >= 0.6 is 11.8 Å². The summed E-state index contributed by atoms with van der Waals surface area (Å²) < 4.78 is 0. The molecule has 1 aromatic heterocycles. The van der Waals surface area contributed by atoms with Gasteiger partial charge in [0.1, 0.15) is 16.9 Å². The number of rotatable bonds is 6. The molecule has 3 unspecified atom stereocenters. The number of aryl methyl sites for hydroxylation is 2. The maximum absolute atomic E-state index is 12.8. The van der Waals surface area contributed by atoms with E-state index in [1.54, 1.807) is 6.92 Å². The Morgan fingerprint density at radius 2 is 1.83 bits per heavy atom. The van der Waals surface area contributed by atoms with Gasteiger partial charge in [-0.05, 0) is 56.5 Å². The van der Waals surface area contributed by atoms with Gasteiger partial charge in [0.15, 0.2) is 0 Å². The number of amides is 1. The predicted molar refractivity (Wildman–Crippen MR) is 141 cm³/mol. The Morgan fingerprint density at radius 1 is 1.17 bits per heavy atom. The van der Waals surface area contributed by atoms with Gasteiger partial charge in [-0.25, -0.2) is 4.98 Å². The van der Waals surface area contributed by atoms with Crippen molar-refractivity contribution in [2.45, 2.75) is 50.7 Å². The second-order valence-corrected chi connectivity index (χ2v) is 10.6. The van der Waals surface area contributed by atoms with Crippen LogP contribution < -0.4 is 5.32 Å². The van der Waals surface area contributed by atoms with E-state index in [0.29, 0.717) is 27.5 Å². The number of ketones is 1. The molecule has 0 radical (unpaired) electrons. The first-order valence-corrected chi connectivity index (χ1v) is 12.8. The molecule has 7 heteroatoms. The normalized spacial score (nSPS) is 20.8. The molecule has 0 saturated carbocycles. The summed E-state index contributed by atoms with van der Waals surface area (Å²) in [6.07, 6.45) is 0.158. The molecule has 1 aliphatic rings. The summed E-state index contributed by atoms with van der Waals surface area (Å²) >= 11 is 1.20. The summed E-state index contributed by atoms with van der Waals surface area (Å²) in [5, 5.41) is 24.9. The molecule has 0 spiro atoms. The summed E-state index contributed by atoms with van der Waals surface area (Å²) in [5.41, 5.74) is 3.92. The topological polar surface area (TPSA) is 103 Å². The molecule has 0 fully saturated rings. The van der Waals surface area contributed by atoms with Crippen LogP contribution in [0.15, 0.2) is 59.6 Å². The van der Waals surface area contributed by atoms with E-state index in [9.17, 15) is 20.0 Å². The van der Waals surface area contributed by atoms with E-state index < -0.39 is 17.4 Å². The molecule has 4 rings (SSSR count). The van der Waals surface area contributed by atoms with Gasteiger partial charge in [0.2, 0.25) is 5.91 Å². The van der Waals surface area contributed by atoms with Crippen molar-refractivity contribution in [3.05, 3.63) is 88.1 Å². The number of Topliss-reactive ketones (excluding diaryl/α,β-unsaturated/α-hetero) is 1. The van der Waals surface area contributed by atoms with Crippen molar-refractivity contribution < 1.29 is 14.7 Å². The van der Waals surface area contributed by atoms with Gasteiger partial charge in [-0.3, -0.25) is 9.59 Å². The summed E-state index contributed by atoms with van der Waals surface area (Å²) in [5.74, 6) is -1.31. The van der Waals surface area contributed by atoms with Gasteiger partial charge in [0.25, 0.3) is 0 Å². The zero-order chi connectivity index (χ0) is 26.0. The van der Waals surface area contributed by atoms with Gasteiger partial charge >= 0.3 is 0 Å². The number of hydrogen-bond donors (Lipinski definition) is 2. The second kappa shape index (κ2) is 10.3.